The predicted molar refractivity (Wildman–Crippen MR) is 101 cm³/mol. The van der Waals surface area contributed by atoms with Crippen molar-refractivity contribution in [1.82, 2.24) is 19.5 Å². The van der Waals surface area contributed by atoms with Gasteiger partial charge in [-0.2, -0.15) is 0 Å². The summed E-state index contributed by atoms with van der Waals surface area (Å²) in [7, 11) is -3.21. The molecule has 1 atom stereocenters. The van der Waals surface area contributed by atoms with Crippen molar-refractivity contribution in [2.24, 2.45) is 0 Å². The second kappa shape index (κ2) is 7.25. The summed E-state index contributed by atoms with van der Waals surface area (Å²) in [4.78, 5) is 13.3. The molecule has 0 aliphatic carbocycles. The molecule has 0 radical (unpaired) electrons. The summed E-state index contributed by atoms with van der Waals surface area (Å²) in [5, 5.41) is 3.10. The van der Waals surface area contributed by atoms with E-state index in [2.05, 4.69) is 38.7 Å². The lowest BCUT2D eigenvalue weighted by Crippen LogP contribution is -2.05. The first-order valence-corrected chi connectivity index (χ1v) is 10.2. The van der Waals surface area contributed by atoms with Crippen LogP contribution in [0.2, 0.25) is 0 Å². The number of hydrogen-bond acceptors (Lipinski definition) is 6. The van der Waals surface area contributed by atoms with E-state index in [-0.39, 0.29) is 4.90 Å². The molecule has 2 aromatic heterocycles. The van der Waals surface area contributed by atoms with E-state index in [9.17, 15) is 8.42 Å². The highest BCUT2D eigenvalue weighted by Gasteiger charge is 2.12. The third kappa shape index (κ3) is 3.91. The quantitative estimate of drug-likeness (QED) is 0.714. The maximum absolute atomic E-state index is 11.5. The van der Waals surface area contributed by atoms with Gasteiger partial charge in [0.1, 0.15) is 0 Å². The second-order valence-corrected chi connectivity index (χ2v) is 8.15. The molecule has 1 aromatic carbocycles. The summed E-state index contributed by atoms with van der Waals surface area (Å²) in [5.74, 6) is 0.437. The van der Waals surface area contributed by atoms with E-state index in [0.717, 1.165) is 17.8 Å². The van der Waals surface area contributed by atoms with Crippen molar-refractivity contribution in [1.29, 1.82) is 0 Å². The lowest BCUT2D eigenvalue weighted by atomic mass is 10.2. The van der Waals surface area contributed by atoms with Gasteiger partial charge in [0, 0.05) is 24.2 Å². The Hall–Kier alpha value is -2.74. The Morgan fingerprint density at radius 2 is 1.92 bits per heavy atom. The Labute approximate surface area is 153 Å². The monoisotopic (exact) mass is 371 g/mol. The standard InChI is InChI=1S/C18H21N5O2S/c1-4-13(2)23-12-19-11-17(23)16-9-10-20-18(22-16)21-14-5-7-15(8-6-14)26(3,24)25/h5-13H,4H2,1-3H3,(H,20,21,22). The molecule has 0 spiro atoms. The lowest BCUT2D eigenvalue weighted by Gasteiger charge is -2.14. The van der Waals surface area contributed by atoms with Crippen molar-refractivity contribution in [3.05, 3.63) is 49.1 Å². The molecule has 3 aromatic rings. The number of aromatic nitrogens is 4. The van der Waals surface area contributed by atoms with Crippen LogP contribution in [-0.2, 0) is 9.84 Å². The number of hydrogen-bond donors (Lipinski definition) is 1. The Bertz CT molecular complexity index is 996. The lowest BCUT2D eigenvalue weighted by molar-refractivity contribution is 0.534. The van der Waals surface area contributed by atoms with Crippen molar-refractivity contribution >= 4 is 21.5 Å². The average molecular weight is 371 g/mol. The van der Waals surface area contributed by atoms with Gasteiger partial charge in [-0.05, 0) is 43.7 Å². The van der Waals surface area contributed by atoms with Gasteiger partial charge in [0.15, 0.2) is 9.84 Å². The largest absolute Gasteiger partial charge is 0.327 e. The Morgan fingerprint density at radius 3 is 2.58 bits per heavy atom. The topological polar surface area (TPSA) is 89.8 Å². The molecule has 2 heterocycles. The summed E-state index contributed by atoms with van der Waals surface area (Å²) in [6.07, 6.45) is 7.46. The molecule has 3 rings (SSSR count). The number of benzene rings is 1. The first-order chi connectivity index (χ1) is 12.4. The number of imidazole rings is 1. The fourth-order valence-corrected chi connectivity index (χ4v) is 3.16. The van der Waals surface area contributed by atoms with Crippen LogP contribution < -0.4 is 5.32 Å². The van der Waals surface area contributed by atoms with Gasteiger partial charge in [-0.15, -0.1) is 0 Å². The minimum atomic E-state index is -3.21. The van der Waals surface area contributed by atoms with Crippen LogP contribution in [0.5, 0.6) is 0 Å². The SMILES string of the molecule is CCC(C)n1cncc1-c1ccnc(Nc2ccc(S(C)(=O)=O)cc2)n1. The maximum Gasteiger partial charge on any atom is 0.227 e. The highest BCUT2D eigenvalue weighted by atomic mass is 32.2. The number of rotatable bonds is 6. The van der Waals surface area contributed by atoms with Crippen molar-refractivity contribution in [3.63, 3.8) is 0 Å². The molecule has 0 fully saturated rings. The van der Waals surface area contributed by atoms with Gasteiger partial charge in [0.25, 0.3) is 0 Å². The fourth-order valence-electron chi connectivity index (χ4n) is 2.53. The minimum absolute atomic E-state index is 0.273. The van der Waals surface area contributed by atoms with Gasteiger partial charge in [-0.25, -0.2) is 23.4 Å². The molecule has 0 saturated heterocycles. The number of sulfone groups is 1. The maximum atomic E-state index is 11.5. The fraction of sp³-hybridized carbons (Fsp3) is 0.278. The van der Waals surface area contributed by atoms with Gasteiger partial charge in [0.05, 0.1) is 28.8 Å². The van der Waals surface area contributed by atoms with E-state index < -0.39 is 9.84 Å². The summed E-state index contributed by atoms with van der Waals surface area (Å²) in [6, 6.07) is 8.65. The summed E-state index contributed by atoms with van der Waals surface area (Å²) in [6.45, 7) is 4.26. The molecule has 0 saturated carbocycles. The molecule has 0 bridgehead atoms. The molecule has 7 nitrogen and oxygen atoms in total. The number of anilines is 2. The summed E-state index contributed by atoms with van der Waals surface area (Å²) < 4.78 is 25.2. The molecule has 0 aliphatic rings. The zero-order chi connectivity index (χ0) is 18.7. The van der Waals surface area contributed by atoms with Gasteiger partial charge in [-0.3, -0.25) is 0 Å². The van der Waals surface area contributed by atoms with Gasteiger partial charge in [-0.1, -0.05) is 6.92 Å². The van der Waals surface area contributed by atoms with Crippen molar-refractivity contribution in [3.8, 4) is 11.4 Å². The van der Waals surface area contributed by atoms with Crippen LogP contribution in [-0.4, -0.2) is 34.2 Å². The summed E-state index contributed by atoms with van der Waals surface area (Å²) in [5.41, 5.74) is 2.41. The zero-order valence-electron chi connectivity index (χ0n) is 14.9. The molecule has 0 aliphatic heterocycles. The second-order valence-electron chi connectivity index (χ2n) is 6.13. The predicted octanol–water partition coefficient (Wildman–Crippen LogP) is 3.46. The molecule has 1 unspecified atom stereocenters. The Morgan fingerprint density at radius 1 is 1.19 bits per heavy atom. The van der Waals surface area contributed by atoms with E-state index in [0.29, 0.717) is 17.7 Å². The van der Waals surface area contributed by atoms with Crippen LogP contribution in [0.25, 0.3) is 11.4 Å². The first-order valence-electron chi connectivity index (χ1n) is 8.31. The average Bonchev–Trinajstić information content (AvgIpc) is 3.11. The van der Waals surface area contributed by atoms with Gasteiger partial charge in [0.2, 0.25) is 5.95 Å². The van der Waals surface area contributed by atoms with Crippen molar-refractivity contribution < 1.29 is 8.42 Å². The van der Waals surface area contributed by atoms with Crippen LogP contribution in [0.1, 0.15) is 26.3 Å². The van der Waals surface area contributed by atoms with E-state index in [1.807, 2.05) is 12.4 Å². The molecular weight excluding hydrogens is 350 g/mol. The first kappa shape index (κ1) is 18.1. The minimum Gasteiger partial charge on any atom is -0.327 e. The number of nitrogens with zero attached hydrogens (tertiary/aromatic N) is 4. The molecule has 136 valence electrons. The molecule has 1 N–H and O–H groups in total. The molecule has 0 amide bonds. The highest BCUT2D eigenvalue weighted by Crippen LogP contribution is 2.23. The Balaban J connectivity index is 1.85. The van der Waals surface area contributed by atoms with Crippen LogP contribution in [0.3, 0.4) is 0 Å². The van der Waals surface area contributed by atoms with Crippen LogP contribution in [0.15, 0.2) is 53.9 Å². The normalized spacial score (nSPS) is 12.7. The summed E-state index contributed by atoms with van der Waals surface area (Å²) >= 11 is 0. The van der Waals surface area contributed by atoms with Crippen LogP contribution in [0, 0.1) is 0 Å². The van der Waals surface area contributed by atoms with Crippen LogP contribution in [0.4, 0.5) is 11.6 Å². The van der Waals surface area contributed by atoms with E-state index in [1.165, 1.54) is 6.26 Å². The third-order valence-electron chi connectivity index (χ3n) is 4.19. The van der Waals surface area contributed by atoms with Crippen LogP contribution >= 0.6 is 0 Å². The highest BCUT2D eigenvalue weighted by molar-refractivity contribution is 7.90. The van der Waals surface area contributed by atoms with E-state index in [4.69, 9.17) is 0 Å². The van der Waals surface area contributed by atoms with E-state index >= 15 is 0 Å². The van der Waals surface area contributed by atoms with Crippen molar-refractivity contribution in [2.45, 2.75) is 31.2 Å². The van der Waals surface area contributed by atoms with Gasteiger partial charge >= 0.3 is 0 Å². The molecular formula is C18H21N5O2S. The third-order valence-corrected chi connectivity index (χ3v) is 5.32. The molecule has 8 heteroatoms. The zero-order valence-corrected chi connectivity index (χ0v) is 15.7. The number of nitrogens with one attached hydrogen (secondary N) is 1. The Kier molecular flexibility index (Phi) is 5.03. The van der Waals surface area contributed by atoms with E-state index in [1.54, 1.807) is 36.7 Å². The van der Waals surface area contributed by atoms with Crippen molar-refractivity contribution in [2.75, 3.05) is 11.6 Å². The molecule has 26 heavy (non-hydrogen) atoms. The smallest absolute Gasteiger partial charge is 0.227 e. The van der Waals surface area contributed by atoms with Gasteiger partial charge < -0.3 is 9.88 Å².